The number of rotatable bonds is 4. The highest BCUT2D eigenvalue weighted by Gasteiger charge is 2.34. The first kappa shape index (κ1) is 27.6. The Kier molecular flexibility index (Phi) is 7.78. The highest BCUT2D eigenvalue weighted by molar-refractivity contribution is 5.95. The van der Waals surface area contributed by atoms with Gasteiger partial charge in [-0.25, -0.2) is 18.3 Å². The van der Waals surface area contributed by atoms with Gasteiger partial charge in [0.25, 0.3) is 5.91 Å². The Bertz CT molecular complexity index is 1350. The van der Waals surface area contributed by atoms with Crippen LogP contribution >= 0.6 is 0 Å². The molecule has 3 aromatic rings. The lowest BCUT2D eigenvalue weighted by Gasteiger charge is -2.37. The number of aromatic nitrogens is 2. The first-order valence-electron chi connectivity index (χ1n) is 13.7. The van der Waals surface area contributed by atoms with Crippen LogP contribution in [0.25, 0.3) is 5.69 Å². The van der Waals surface area contributed by atoms with Gasteiger partial charge in [0.2, 0.25) is 0 Å². The maximum atomic E-state index is 14.2. The summed E-state index contributed by atoms with van der Waals surface area (Å²) < 4.78 is 34.7. The lowest BCUT2D eigenvalue weighted by atomic mass is 9.90. The third-order valence-electron chi connectivity index (χ3n) is 7.38. The fraction of sp³-hybridized carbons (Fsp3) is 0.433. The number of carbonyl (C=O) groups is 2. The molecule has 0 unspecified atom stereocenters. The molecule has 3 heterocycles. The van der Waals surface area contributed by atoms with Gasteiger partial charge in [-0.15, -0.1) is 0 Å². The maximum absolute atomic E-state index is 14.2. The van der Waals surface area contributed by atoms with Crippen LogP contribution in [-0.4, -0.2) is 76.5 Å². The number of piperazine rings is 1. The monoisotopic (exact) mass is 551 g/mol. The standard InChI is InChI=1S/C30H35F2N5O3/c1-30(2,3)40-29(39)36-13-11-21(12-14-36)27-26(20-33-37(27)25-6-4-5-23(32)19-25)28(38)35-17-15-34(16-18-35)24-9-7-22(31)8-10-24/h4-10,19-21H,11-18H2,1-3H3. The van der Waals surface area contributed by atoms with E-state index in [0.717, 1.165) is 11.4 Å². The number of nitrogens with zero attached hydrogens (tertiary/aromatic N) is 5. The molecule has 0 aliphatic carbocycles. The van der Waals surface area contributed by atoms with Crippen LogP contribution in [0, 0.1) is 11.6 Å². The summed E-state index contributed by atoms with van der Waals surface area (Å²) in [7, 11) is 0. The van der Waals surface area contributed by atoms with Crippen molar-refractivity contribution in [3.8, 4) is 5.69 Å². The second kappa shape index (κ2) is 11.3. The molecule has 0 atom stereocenters. The summed E-state index contributed by atoms with van der Waals surface area (Å²) >= 11 is 0. The second-order valence-corrected chi connectivity index (χ2v) is 11.3. The molecule has 8 nitrogen and oxygen atoms in total. The number of likely N-dealkylation sites (tertiary alicyclic amines) is 1. The summed E-state index contributed by atoms with van der Waals surface area (Å²) in [5.74, 6) is -0.837. The largest absolute Gasteiger partial charge is 0.444 e. The Balaban J connectivity index is 1.36. The summed E-state index contributed by atoms with van der Waals surface area (Å²) in [6.07, 6.45) is 2.48. The van der Waals surface area contributed by atoms with Crippen LogP contribution in [0.3, 0.4) is 0 Å². The number of hydrogen-bond donors (Lipinski definition) is 0. The number of amides is 2. The Hall–Kier alpha value is -3.95. The van der Waals surface area contributed by atoms with E-state index in [0.29, 0.717) is 63.4 Å². The van der Waals surface area contributed by atoms with Crippen LogP contribution in [0.1, 0.15) is 55.6 Å². The molecule has 2 aliphatic rings. The molecule has 10 heteroatoms. The van der Waals surface area contributed by atoms with Crippen molar-refractivity contribution in [2.75, 3.05) is 44.2 Å². The van der Waals surface area contributed by atoms with Gasteiger partial charge < -0.3 is 19.4 Å². The number of carbonyl (C=O) groups excluding carboxylic acids is 2. The van der Waals surface area contributed by atoms with Crippen LogP contribution < -0.4 is 4.90 Å². The number of halogens is 2. The maximum Gasteiger partial charge on any atom is 0.410 e. The van der Waals surface area contributed by atoms with Gasteiger partial charge in [-0.1, -0.05) is 6.07 Å². The summed E-state index contributed by atoms with van der Waals surface area (Å²) in [4.78, 5) is 32.1. The van der Waals surface area contributed by atoms with Crippen LogP contribution in [0.5, 0.6) is 0 Å². The molecule has 1 aromatic heterocycles. The average molecular weight is 552 g/mol. The van der Waals surface area contributed by atoms with Gasteiger partial charge in [-0.3, -0.25) is 4.79 Å². The number of benzene rings is 2. The van der Waals surface area contributed by atoms with E-state index in [-0.39, 0.29) is 29.6 Å². The first-order valence-corrected chi connectivity index (χ1v) is 13.7. The van der Waals surface area contributed by atoms with Crippen molar-refractivity contribution in [1.29, 1.82) is 0 Å². The minimum Gasteiger partial charge on any atom is -0.444 e. The fourth-order valence-electron chi connectivity index (χ4n) is 5.38. The zero-order valence-corrected chi connectivity index (χ0v) is 23.1. The van der Waals surface area contributed by atoms with E-state index < -0.39 is 5.60 Å². The molecule has 2 fully saturated rings. The van der Waals surface area contributed by atoms with E-state index in [9.17, 15) is 18.4 Å². The van der Waals surface area contributed by atoms with Crippen molar-refractivity contribution < 1.29 is 23.1 Å². The highest BCUT2D eigenvalue weighted by Crippen LogP contribution is 2.33. The van der Waals surface area contributed by atoms with Gasteiger partial charge in [-0.2, -0.15) is 5.10 Å². The second-order valence-electron chi connectivity index (χ2n) is 11.3. The van der Waals surface area contributed by atoms with Gasteiger partial charge in [-0.05, 0) is 76.1 Å². The molecule has 2 saturated heterocycles. The predicted molar refractivity (Wildman–Crippen MR) is 148 cm³/mol. The van der Waals surface area contributed by atoms with Crippen molar-refractivity contribution in [2.45, 2.75) is 45.1 Å². The van der Waals surface area contributed by atoms with Crippen molar-refractivity contribution in [1.82, 2.24) is 19.6 Å². The Labute approximate surface area is 233 Å². The smallest absolute Gasteiger partial charge is 0.410 e. The minimum absolute atomic E-state index is 0.0519. The summed E-state index contributed by atoms with van der Waals surface area (Å²) in [5, 5.41) is 4.54. The lowest BCUT2D eigenvalue weighted by molar-refractivity contribution is 0.0203. The number of hydrogen-bond acceptors (Lipinski definition) is 5. The Morgan fingerprint density at radius 2 is 1.52 bits per heavy atom. The van der Waals surface area contributed by atoms with Gasteiger partial charge in [0.1, 0.15) is 17.2 Å². The van der Waals surface area contributed by atoms with E-state index in [1.807, 2.05) is 25.7 Å². The molecule has 2 aromatic carbocycles. The van der Waals surface area contributed by atoms with Gasteiger partial charge in [0.05, 0.1) is 23.1 Å². The third-order valence-corrected chi connectivity index (χ3v) is 7.38. The zero-order chi connectivity index (χ0) is 28.4. The normalized spacial score (nSPS) is 16.8. The van der Waals surface area contributed by atoms with Crippen LogP contribution in [-0.2, 0) is 4.74 Å². The van der Waals surface area contributed by atoms with E-state index in [4.69, 9.17) is 4.74 Å². The minimum atomic E-state index is -0.579. The molecule has 2 aliphatic heterocycles. The van der Waals surface area contributed by atoms with Crippen LogP contribution in [0.15, 0.2) is 54.7 Å². The molecule has 5 rings (SSSR count). The zero-order valence-electron chi connectivity index (χ0n) is 23.1. The van der Waals surface area contributed by atoms with E-state index in [1.54, 1.807) is 40.0 Å². The SMILES string of the molecule is CC(C)(C)OC(=O)N1CCC(c2c(C(=O)N3CCN(c4ccc(F)cc4)CC3)cnn2-c2cccc(F)c2)CC1. The summed E-state index contributed by atoms with van der Waals surface area (Å²) in [5.41, 5.74) is 2.12. The molecule has 0 N–H and O–H groups in total. The van der Waals surface area contributed by atoms with Crippen molar-refractivity contribution in [3.05, 3.63) is 77.6 Å². The average Bonchev–Trinajstić information content (AvgIpc) is 3.38. The number of piperidine rings is 1. The summed E-state index contributed by atoms with van der Waals surface area (Å²) in [6, 6.07) is 12.5. The number of ether oxygens (including phenoxy) is 1. The first-order chi connectivity index (χ1) is 19.1. The van der Waals surface area contributed by atoms with Gasteiger partial charge >= 0.3 is 6.09 Å². The molecule has 40 heavy (non-hydrogen) atoms. The molecule has 0 saturated carbocycles. The van der Waals surface area contributed by atoms with Crippen molar-refractivity contribution in [2.24, 2.45) is 0 Å². The third kappa shape index (κ3) is 6.11. The molecule has 0 bridgehead atoms. The Morgan fingerprint density at radius 3 is 2.15 bits per heavy atom. The van der Waals surface area contributed by atoms with Gasteiger partial charge in [0, 0.05) is 50.9 Å². The fourth-order valence-corrected chi connectivity index (χ4v) is 5.38. The summed E-state index contributed by atoms with van der Waals surface area (Å²) in [6.45, 7) is 8.76. The van der Waals surface area contributed by atoms with Crippen LogP contribution in [0.4, 0.5) is 19.3 Å². The molecule has 2 amide bonds. The molecule has 212 valence electrons. The highest BCUT2D eigenvalue weighted by atomic mass is 19.1. The van der Waals surface area contributed by atoms with E-state index in [2.05, 4.69) is 10.00 Å². The quantitative estimate of drug-likeness (QED) is 0.444. The van der Waals surface area contributed by atoms with Gasteiger partial charge in [0.15, 0.2) is 0 Å². The number of anilines is 1. The van der Waals surface area contributed by atoms with E-state index in [1.165, 1.54) is 24.3 Å². The lowest BCUT2D eigenvalue weighted by Crippen LogP contribution is -2.49. The molecular formula is C30H35F2N5O3. The van der Waals surface area contributed by atoms with Crippen LogP contribution in [0.2, 0.25) is 0 Å². The van der Waals surface area contributed by atoms with Crippen molar-refractivity contribution in [3.63, 3.8) is 0 Å². The molecular weight excluding hydrogens is 516 g/mol. The molecule has 0 radical (unpaired) electrons. The van der Waals surface area contributed by atoms with E-state index >= 15 is 0 Å². The predicted octanol–water partition coefficient (Wildman–Crippen LogP) is 5.23. The Morgan fingerprint density at radius 1 is 0.850 bits per heavy atom. The van der Waals surface area contributed by atoms with Crippen molar-refractivity contribution >= 4 is 17.7 Å². The topological polar surface area (TPSA) is 70.9 Å². The molecule has 0 spiro atoms.